The van der Waals surface area contributed by atoms with E-state index in [2.05, 4.69) is 185 Å². The molecule has 0 aliphatic heterocycles. The van der Waals surface area contributed by atoms with Crippen molar-refractivity contribution in [3.8, 4) is 39.4 Å². The van der Waals surface area contributed by atoms with Gasteiger partial charge in [-0.1, -0.05) is 130 Å². The largest absolute Gasteiger partial charge is 0.457 e. The lowest BCUT2D eigenvalue weighted by atomic mass is 9.66. The third-order valence-corrected chi connectivity index (χ3v) is 12.8. The Bertz CT molecular complexity index is 3100. The first kappa shape index (κ1) is 42.5. The highest BCUT2D eigenvalue weighted by Crippen LogP contribution is 2.65. The standard InChI is InChI=1S/C56H46N2O.C2H6.C2H4/c1-7-17-41-42-19-12-14-21-48(42)56(47(41)10-4)49-33-39(24-27-43(49)45-28-31-54(36(6)55(45)56)59-53-23-16-11-18-35(53)5)38-25-30-52-46(32-38)44-20-13-15-22-51(44)58(52)40-26-29-50(57-34-40)37(8-2)9-3;2*1-2/h7-13,15-20,22-34H,2,4,14,21H2,1,3,5-6H3;1-2H3;1-2H2/b17-7-,37-9+;;. The molecule has 3 aliphatic carbocycles. The van der Waals surface area contributed by atoms with Crippen LogP contribution in [0.3, 0.4) is 0 Å². The molecule has 3 aliphatic rings. The van der Waals surface area contributed by atoms with Crippen LogP contribution in [0.25, 0.3) is 55.3 Å². The topological polar surface area (TPSA) is 27.1 Å². The predicted octanol–water partition coefficient (Wildman–Crippen LogP) is 16.7. The summed E-state index contributed by atoms with van der Waals surface area (Å²) < 4.78 is 9.11. The molecule has 3 nitrogen and oxygen atoms in total. The van der Waals surface area contributed by atoms with Crippen LogP contribution in [0.1, 0.15) is 68.5 Å². The van der Waals surface area contributed by atoms with Gasteiger partial charge in [-0.2, -0.15) is 0 Å². The van der Waals surface area contributed by atoms with Gasteiger partial charge >= 0.3 is 0 Å². The van der Waals surface area contributed by atoms with Crippen LogP contribution in [0.15, 0.2) is 207 Å². The van der Waals surface area contributed by atoms with E-state index in [4.69, 9.17) is 9.72 Å². The molecule has 2 heterocycles. The summed E-state index contributed by atoms with van der Waals surface area (Å²) in [5.74, 6) is 1.76. The molecule has 0 saturated carbocycles. The van der Waals surface area contributed by atoms with Crippen molar-refractivity contribution in [2.75, 3.05) is 0 Å². The second-order valence-electron chi connectivity index (χ2n) is 15.8. The number of benzene rings is 5. The van der Waals surface area contributed by atoms with Crippen molar-refractivity contribution in [1.29, 1.82) is 0 Å². The van der Waals surface area contributed by atoms with Crippen molar-refractivity contribution in [2.45, 2.75) is 59.8 Å². The van der Waals surface area contributed by atoms with Gasteiger partial charge in [0, 0.05) is 10.8 Å². The van der Waals surface area contributed by atoms with Crippen LogP contribution in [0.4, 0.5) is 0 Å². The zero-order valence-electron chi connectivity index (χ0n) is 37.6. The van der Waals surface area contributed by atoms with Crippen molar-refractivity contribution in [2.24, 2.45) is 0 Å². The second-order valence-corrected chi connectivity index (χ2v) is 15.8. The molecule has 0 fully saturated rings. The van der Waals surface area contributed by atoms with E-state index < -0.39 is 5.41 Å². The number of allylic oxidation sites excluding steroid dienone is 12. The van der Waals surface area contributed by atoms with Crippen molar-refractivity contribution < 1.29 is 4.74 Å². The molecule has 10 rings (SSSR count). The van der Waals surface area contributed by atoms with Crippen molar-refractivity contribution in [3.63, 3.8) is 0 Å². The molecule has 1 unspecified atom stereocenters. The van der Waals surface area contributed by atoms with Crippen LogP contribution in [-0.2, 0) is 5.41 Å². The summed E-state index contributed by atoms with van der Waals surface area (Å²) in [4.78, 5) is 4.84. The van der Waals surface area contributed by atoms with Crippen LogP contribution in [0.2, 0.25) is 0 Å². The SMILES string of the molecule is C=C.C=CC1=C(/C=C\C)C2=C(CCC=C2)C12c1cc(-c3ccc4c(c3)c3ccccc3n4-c3ccc(/C(C=C)=C/C)nc3)ccc1-c1ccc(Oc3ccccc3C)c(C)c12.CC. The number of para-hydroxylation sites is 2. The maximum Gasteiger partial charge on any atom is 0.130 e. The molecule has 0 N–H and O–H groups in total. The minimum atomic E-state index is -0.510. The molecule has 312 valence electrons. The molecule has 0 saturated heterocycles. The highest BCUT2D eigenvalue weighted by Gasteiger charge is 2.54. The van der Waals surface area contributed by atoms with Gasteiger partial charge in [0.15, 0.2) is 0 Å². The van der Waals surface area contributed by atoms with Crippen LogP contribution in [0, 0.1) is 13.8 Å². The Balaban J connectivity index is 0.00000132. The monoisotopic (exact) mass is 820 g/mol. The summed E-state index contributed by atoms with van der Waals surface area (Å²) >= 11 is 0. The fourth-order valence-corrected chi connectivity index (χ4v) is 10.2. The lowest BCUT2D eigenvalue weighted by molar-refractivity contribution is 0.473. The molecule has 2 aromatic heterocycles. The van der Waals surface area contributed by atoms with E-state index in [1.54, 1.807) is 0 Å². The fraction of sp³-hybridized carbons (Fsp3) is 0.150. The quantitative estimate of drug-likeness (QED) is 0.113. The first-order valence-electron chi connectivity index (χ1n) is 22.1. The van der Waals surface area contributed by atoms with Crippen LogP contribution in [-0.4, -0.2) is 9.55 Å². The van der Waals surface area contributed by atoms with E-state index >= 15 is 0 Å². The first-order chi connectivity index (χ1) is 30.9. The number of ether oxygens (including phenoxy) is 1. The van der Waals surface area contributed by atoms with E-state index in [0.29, 0.717) is 0 Å². The van der Waals surface area contributed by atoms with Crippen LogP contribution >= 0.6 is 0 Å². The maximum atomic E-state index is 6.78. The van der Waals surface area contributed by atoms with Gasteiger partial charge in [0.2, 0.25) is 0 Å². The third kappa shape index (κ3) is 6.62. The molecular formula is C60H56N2O. The number of aromatic nitrogens is 2. The van der Waals surface area contributed by atoms with Gasteiger partial charge in [-0.3, -0.25) is 4.98 Å². The number of rotatable bonds is 8. The smallest absolute Gasteiger partial charge is 0.130 e. The number of nitrogens with zero attached hydrogens (tertiary/aromatic N) is 2. The Morgan fingerprint density at radius 2 is 1.51 bits per heavy atom. The van der Waals surface area contributed by atoms with E-state index in [9.17, 15) is 0 Å². The van der Waals surface area contributed by atoms with Gasteiger partial charge in [-0.15, -0.1) is 13.2 Å². The molecule has 63 heavy (non-hydrogen) atoms. The van der Waals surface area contributed by atoms with E-state index in [1.807, 2.05) is 45.2 Å². The van der Waals surface area contributed by atoms with E-state index in [1.165, 1.54) is 66.4 Å². The van der Waals surface area contributed by atoms with Crippen molar-refractivity contribution in [1.82, 2.24) is 9.55 Å². The van der Waals surface area contributed by atoms with E-state index in [0.717, 1.165) is 63.5 Å². The Morgan fingerprint density at radius 1 is 0.778 bits per heavy atom. The molecule has 3 heteroatoms. The lowest BCUT2D eigenvalue weighted by Crippen LogP contribution is -2.29. The summed E-state index contributed by atoms with van der Waals surface area (Å²) in [6.07, 6.45) is 19.1. The van der Waals surface area contributed by atoms with Crippen LogP contribution in [0.5, 0.6) is 11.5 Å². The molecule has 0 radical (unpaired) electrons. The maximum absolute atomic E-state index is 6.78. The molecule has 0 amide bonds. The molecular weight excluding hydrogens is 765 g/mol. The molecule has 5 aromatic carbocycles. The molecule has 0 bridgehead atoms. The second kappa shape index (κ2) is 17.6. The molecule has 1 atom stereocenters. The van der Waals surface area contributed by atoms with Gasteiger partial charge in [0.25, 0.3) is 0 Å². The normalized spacial score (nSPS) is 16.1. The minimum Gasteiger partial charge on any atom is -0.457 e. The summed E-state index contributed by atoms with van der Waals surface area (Å²) in [5, 5.41) is 2.42. The highest BCUT2D eigenvalue weighted by atomic mass is 16.5. The minimum absolute atomic E-state index is 0.510. The Labute approximate surface area is 373 Å². The Kier molecular flexibility index (Phi) is 11.9. The predicted molar refractivity (Wildman–Crippen MR) is 270 cm³/mol. The Hall–Kier alpha value is -7.23. The van der Waals surface area contributed by atoms with E-state index in [-0.39, 0.29) is 0 Å². The third-order valence-electron chi connectivity index (χ3n) is 12.8. The fourth-order valence-electron chi connectivity index (χ4n) is 10.2. The number of hydrogen-bond donors (Lipinski definition) is 0. The Morgan fingerprint density at radius 3 is 2.24 bits per heavy atom. The van der Waals surface area contributed by atoms with Gasteiger partial charge < -0.3 is 9.30 Å². The average Bonchev–Trinajstić information content (AvgIpc) is 3.93. The van der Waals surface area contributed by atoms with Gasteiger partial charge in [-0.25, -0.2) is 0 Å². The van der Waals surface area contributed by atoms with Gasteiger partial charge in [0.1, 0.15) is 11.5 Å². The van der Waals surface area contributed by atoms with Crippen LogP contribution < -0.4 is 4.74 Å². The van der Waals surface area contributed by atoms with Gasteiger partial charge in [0.05, 0.1) is 34.0 Å². The summed E-state index contributed by atoms with van der Waals surface area (Å²) in [6.45, 7) is 27.0. The molecule has 7 aromatic rings. The number of aryl methyl sites for hydroxylation is 1. The van der Waals surface area contributed by atoms with Crippen molar-refractivity contribution in [3.05, 3.63) is 234 Å². The number of hydrogen-bond acceptors (Lipinski definition) is 2. The summed E-state index contributed by atoms with van der Waals surface area (Å²) in [6, 6.07) is 39.7. The zero-order valence-corrected chi connectivity index (χ0v) is 37.6. The van der Waals surface area contributed by atoms with Crippen molar-refractivity contribution >= 4 is 27.4 Å². The zero-order chi connectivity index (χ0) is 44.4. The number of pyridine rings is 1. The molecule has 1 spiro atoms. The van der Waals surface area contributed by atoms with Gasteiger partial charge in [-0.05, 0) is 161 Å². The summed E-state index contributed by atoms with van der Waals surface area (Å²) in [7, 11) is 0. The summed E-state index contributed by atoms with van der Waals surface area (Å²) in [5.41, 5.74) is 19.8. The first-order valence-corrected chi connectivity index (χ1v) is 22.1. The highest BCUT2D eigenvalue weighted by molar-refractivity contribution is 6.10. The average molecular weight is 821 g/mol. The number of fused-ring (bicyclic) bond motifs is 9. The lowest BCUT2D eigenvalue weighted by Gasteiger charge is -2.36.